The molecule has 0 atom stereocenters. The Kier molecular flexibility index (Phi) is 6.81. The van der Waals surface area contributed by atoms with Gasteiger partial charge in [0.15, 0.2) is 0 Å². The summed E-state index contributed by atoms with van der Waals surface area (Å²) in [6, 6.07) is 6.28. The molecule has 1 aliphatic rings. The first kappa shape index (κ1) is 16.6. The summed E-state index contributed by atoms with van der Waals surface area (Å²) in [4.78, 5) is 5.04. The average Bonchev–Trinajstić information content (AvgIpc) is 2.50. The van der Waals surface area contributed by atoms with Crippen LogP contribution in [0.3, 0.4) is 0 Å². The van der Waals surface area contributed by atoms with Crippen molar-refractivity contribution in [3.63, 3.8) is 0 Å². The number of nitrogens with one attached hydrogen (secondary N) is 1. The van der Waals surface area contributed by atoms with Crippen LogP contribution in [0.5, 0.6) is 0 Å². The van der Waals surface area contributed by atoms with Crippen LogP contribution in [0.4, 0.5) is 5.69 Å². The highest BCUT2D eigenvalue weighted by atomic mass is 35.5. The number of nitrogens with zero attached hydrogens (tertiary/aromatic N) is 2. The quantitative estimate of drug-likeness (QED) is 0.779. The van der Waals surface area contributed by atoms with Crippen molar-refractivity contribution < 1.29 is 0 Å². The van der Waals surface area contributed by atoms with E-state index in [4.69, 9.17) is 11.6 Å². The van der Waals surface area contributed by atoms with E-state index in [0.29, 0.717) is 0 Å². The zero-order chi connectivity index (χ0) is 15.1. The first-order chi connectivity index (χ1) is 10.3. The number of rotatable bonds is 7. The molecule has 1 saturated heterocycles. The van der Waals surface area contributed by atoms with Crippen LogP contribution in [-0.2, 0) is 6.54 Å². The van der Waals surface area contributed by atoms with Crippen molar-refractivity contribution in [3.8, 4) is 0 Å². The van der Waals surface area contributed by atoms with Crippen LogP contribution in [0.1, 0.15) is 32.3 Å². The standard InChI is InChI=1S/C17H28ClN3/c1-3-8-19-14-15-16(18)6-5-7-17(15)21-12-10-20(9-4-2)11-13-21/h5-7,19H,3-4,8-14H2,1-2H3. The lowest BCUT2D eigenvalue weighted by atomic mass is 10.1. The van der Waals surface area contributed by atoms with E-state index in [0.717, 1.165) is 50.7 Å². The Morgan fingerprint density at radius 3 is 2.52 bits per heavy atom. The van der Waals surface area contributed by atoms with E-state index < -0.39 is 0 Å². The lowest BCUT2D eigenvalue weighted by Crippen LogP contribution is -2.47. The molecule has 1 heterocycles. The SMILES string of the molecule is CCCNCc1c(Cl)cccc1N1CCN(CCC)CC1. The molecule has 21 heavy (non-hydrogen) atoms. The third kappa shape index (κ3) is 4.60. The van der Waals surface area contributed by atoms with Crippen LogP contribution in [-0.4, -0.2) is 44.2 Å². The van der Waals surface area contributed by atoms with Crippen molar-refractivity contribution in [1.29, 1.82) is 0 Å². The van der Waals surface area contributed by atoms with Gasteiger partial charge in [0.05, 0.1) is 0 Å². The molecule has 0 spiro atoms. The maximum Gasteiger partial charge on any atom is 0.0471 e. The van der Waals surface area contributed by atoms with Gasteiger partial charge < -0.3 is 10.2 Å². The predicted molar refractivity (Wildman–Crippen MR) is 92.4 cm³/mol. The summed E-state index contributed by atoms with van der Waals surface area (Å²) in [5.74, 6) is 0. The number of hydrogen-bond acceptors (Lipinski definition) is 3. The van der Waals surface area contributed by atoms with Gasteiger partial charge in [-0.15, -0.1) is 0 Å². The third-order valence-corrected chi connectivity index (χ3v) is 4.43. The van der Waals surface area contributed by atoms with Crippen molar-refractivity contribution in [3.05, 3.63) is 28.8 Å². The smallest absolute Gasteiger partial charge is 0.0471 e. The molecule has 1 fully saturated rings. The first-order valence-corrected chi connectivity index (χ1v) is 8.59. The molecule has 1 aromatic carbocycles. The number of benzene rings is 1. The average molecular weight is 310 g/mol. The number of anilines is 1. The van der Waals surface area contributed by atoms with E-state index in [-0.39, 0.29) is 0 Å². The van der Waals surface area contributed by atoms with Crippen molar-refractivity contribution in [2.24, 2.45) is 0 Å². The van der Waals surface area contributed by atoms with E-state index in [1.54, 1.807) is 0 Å². The fraction of sp³-hybridized carbons (Fsp3) is 0.647. The number of piperazine rings is 1. The van der Waals surface area contributed by atoms with Gasteiger partial charge in [-0.3, -0.25) is 4.90 Å². The minimum atomic E-state index is 0.859. The highest BCUT2D eigenvalue weighted by Gasteiger charge is 2.19. The third-order valence-electron chi connectivity index (χ3n) is 4.08. The van der Waals surface area contributed by atoms with Gasteiger partial charge >= 0.3 is 0 Å². The maximum absolute atomic E-state index is 6.43. The lowest BCUT2D eigenvalue weighted by molar-refractivity contribution is 0.258. The van der Waals surface area contributed by atoms with E-state index in [9.17, 15) is 0 Å². The Hall–Kier alpha value is -0.770. The van der Waals surface area contributed by atoms with Gasteiger partial charge in [0.1, 0.15) is 0 Å². The van der Waals surface area contributed by atoms with Gasteiger partial charge in [0.25, 0.3) is 0 Å². The maximum atomic E-state index is 6.43. The van der Waals surface area contributed by atoms with Crippen LogP contribution >= 0.6 is 11.6 Å². The molecule has 0 aromatic heterocycles. The second-order valence-electron chi connectivity index (χ2n) is 5.74. The normalized spacial score (nSPS) is 16.4. The monoisotopic (exact) mass is 309 g/mol. The Morgan fingerprint density at radius 2 is 1.86 bits per heavy atom. The molecule has 0 aliphatic carbocycles. The number of hydrogen-bond donors (Lipinski definition) is 1. The summed E-state index contributed by atoms with van der Waals surface area (Å²) >= 11 is 6.43. The topological polar surface area (TPSA) is 18.5 Å². The summed E-state index contributed by atoms with van der Waals surface area (Å²) in [6.07, 6.45) is 2.39. The summed E-state index contributed by atoms with van der Waals surface area (Å²) < 4.78 is 0. The highest BCUT2D eigenvalue weighted by Crippen LogP contribution is 2.28. The molecule has 0 bridgehead atoms. The lowest BCUT2D eigenvalue weighted by Gasteiger charge is -2.37. The number of halogens is 1. The van der Waals surface area contributed by atoms with Gasteiger partial charge in [0, 0.05) is 49.0 Å². The summed E-state index contributed by atoms with van der Waals surface area (Å²) in [6.45, 7) is 12.1. The fourth-order valence-corrected chi connectivity index (χ4v) is 3.17. The van der Waals surface area contributed by atoms with Gasteiger partial charge in [-0.1, -0.05) is 31.5 Å². The molecule has 1 aromatic rings. The zero-order valence-corrected chi connectivity index (χ0v) is 14.1. The Morgan fingerprint density at radius 1 is 1.10 bits per heavy atom. The van der Waals surface area contributed by atoms with Crippen molar-refractivity contribution >= 4 is 17.3 Å². The molecular formula is C17H28ClN3. The Bertz CT molecular complexity index is 428. The second-order valence-corrected chi connectivity index (χ2v) is 6.15. The predicted octanol–water partition coefficient (Wildman–Crippen LogP) is 3.37. The molecule has 1 aliphatic heterocycles. The van der Waals surface area contributed by atoms with E-state index in [1.807, 2.05) is 6.07 Å². The molecule has 0 unspecified atom stereocenters. The molecular weight excluding hydrogens is 282 g/mol. The summed E-state index contributed by atoms with van der Waals surface area (Å²) in [7, 11) is 0. The molecule has 1 N–H and O–H groups in total. The van der Waals surface area contributed by atoms with Crippen LogP contribution in [0.25, 0.3) is 0 Å². The summed E-state index contributed by atoms with van der Waals surface area (Å²) in [5, 5.41) is 4.36. The molecule has 2 rings (SSSR count). The first-order valence-electron chi connectivity index (χ1n) is 8.21. The van der Waals surface area contributed by atoms with Gasteiger partial charge in [-0.05, 0) is 38.1 Å². The van der Waals surface area contributed by atoms with Crippen LogP contribution in [0.15, 0.2) is 18.2 Å². The molecule has 0 radical (unpaired) electrons. The molecule has 118 valence electrons. The van der Waals surface area contributed by atoms with E-state index in [2.05, 4.69) is 41.1 Å². The Labute approximate surface area is 134 Å². The van der Waals surface area contributed by atoms with Crippen molar-refractivity contribution in [2.75, 3.05) is 44.2 Å². The van der Waals surface area contributed by atoms with E-state index >= 15 is 0 Å². The highest BCUT2D eigenvalue weighted by molar-refractivity contribution is 6.31. The zero-order valence-electron chi connectivity index (χ0n) is 13.4. The molecule has 0 saturated carbocycles. The minimum Gasteiger partial charge on any atom is -0.369 e. The van der Waals surface area contributed by atoms with Gasteiger partial charge in [-0.2, -0.15) is 0 Å². The second kappa shape index (κ2) is 8.62. The molecule has 3 nitrogen and oxygen atoms in total. The summed E-state index contributed by atoms with van der Waals surface area (Å²) in [5.41, 5.74) is 2.55. The van der Waals surface area contributed by atoms with Crippen LogP contribution in [0, 0.1) is 0 Å². The van der Waals surface area contributed by atoms with Gasteiger partial charge in [-0.25, -0.2) is 0 Å². The van der Waals surface area contributed by atoms with Crippen molar-refractivity contribution in [2.45, 2.75) is 33.2 Å². The van der Waals surface area contributed by atoms with Crippen LogP contribution in [0.2, 0.25) is 5.02 Å². The fourth-order valence-electron chi connectivity index (χ4n) is 2.94. The van der Waals surface area contributed by atoms with Crippen molar-refractivity contribution in [1.82, 2.24) is 10.2 Å². The Balaban J connectivity index is 2.04. The van der Waals surface area contributed by atoms with Crippen LogP contribution < -0.4 is 10.2 Å². The largest absolute Gasteiger partial charge is 0.369 e. The minimum absolute atomic E-state index is 0.859. The van der Waals surface area contributed by atoms with E-state index in [1.165, 1.54) is 24.2 Å². The molecule has 0 amide bonds. The van der Waals surface area contributed by atoms with Gasteiger partial charge in [0.2, 0.25) is 0 Å². The molecule has 4 heteroatoms.